The molecule has 0 radical (unpaired) electrons. The van der Waals surface area contributed by atoms with Crippen LogP contribution in [0.5, 0.6) is 5.75 Å². The first kappa shape index (κ1) is 20.8. The Hall–Kier alpha value is -1.89. The lowest BCUT2D eigenvalue weighted by molar-refractivity contribution is -0.135. The van der Waals surface area contributed by atoms with E-state index < -0.39 is 0 Å². The van der Waals surface area contributed by atoms with Crippen molar-refractivity contribution in [2.45, 2.75) is 13.5 Å². The van der Waals surface area contributed by atoms with Crippen LogP contribution in [0, 0.1) is 0 Å². The van der Waals surface area contributed by atoms with Gasteiger partial charge in [-0.3, -0.25) is 14.5 Å². The molecule has 1 amide bonds. The molecule has 5 nitrogen and oxygen atoms in total. The lowest BCUT2D eigenvalue weighted by Gasteiger charge is -2.34. The summed E-state index contributed by atoms with van der Waals surface area (Å²) in [6, 6.07) is 13.0. The first-order valence-corrected chi connectivity index (χ1v) is 10.3. The van der Waals surface area contributed by atoms with Crippen LogP contribution in [0.15, 0.2) is 46.9 Å². The maximum absolute atomic E-state index is 12.5. The van der Waals surface area contributed by atoms with Crippen LogP contribution in [0.3, 0.4) is 0 Å². The average molecular weight is 466 g/mol. The molecule has 0 N–H and O–H groups in total. The van der Waals surface area contributed by atoms with Gasteiger partial charge in [0, 0.05) is 42.2 Å². The Morgan fingerprint density at radius 3 is 2.39 bits per heavy atom. The summed E-state index contributed by atoms with van der Waals surface area (Å²) in [6.07, 6.45) is 0. The quantitative estimate of drug-likeness (QED) is 0.605. The van der Waals surface area contributed by atoms with Crippen molar-refractivity contribution >= 4 is 39.2 Å². The van der Waals surface area contributed by atoms with E-state index in [2.05, 4.69) is 20.8 Å². The standard InChI is InChI=1S/C21H22BrClN2O3/c1-15(26)19-12-17(22)4-7-20(19)28-14-21(27)25-10-8-24(9-11-25)13-16-2-5-18(23)6-3-16/h2-7,12H,8-11,13-14H2,1H3. The number of Topliss-reactive ketones (excluding diaryl/α,β-unsaturated/α-hetero) is 1. The second kappa shape index (κ2) is 9.54. The summed E-state index contributed by atoms with van der Waals surface area (Å²) in [5.41, 5.74) is 1.68. The van der Waals surface area contributed by atoms with Crippen molar-refractivity contribution in [2.75, 3.05) is 32.8 Å². The Morgan fingerprint density at radius 2 is 1.75 bits per heavy atom. The number of ketones is 1. The van der Waals surface area contributed by atoms with Crippen molar-refractivity contribution in [3.05, 3.63) is 63.1 Å². The van der Waals surface area contributed by atoms with Crippen LogP contribution in [-0.4, -0.2) is 54.3 Å². The zero-order chi connectivity index (χ0) is 20.1. The fourth-order valence-electron chi connectivity index (χ4n) is 3.14. The van der Waals surface area contributed by atoms with Crippen molar-refractivity contribution in [2.24, 2.45) is 0 Å². The van der Waals surface area contributed by atoms with Crippen LogP contribution in [0.25, 0.3) is 0 Å². The Kier molecular flexibility index (Phi) is 7.10. The van der Waals surface area contributed by atoms with Gasteiger partial charge in [-0.25, -0.2) is 0 Å². The van der Waals surface area contributed by atoms with E-state index in [1.54, 1.807) is 18.2 Å². The summed E-state index contributed by atoms with van der Waals surface area (Å²) < 4.78 is 6.44. The van der Waals surface area contributed by atoms with Crippen molar-refractivity contribution in [1.82, 2.24) is 9.80 Å². The molecule has 1 aliphatic heterocycles. The lowest BCUT2D eigenvalue weighted by Crippen LogP contribution is -2.49. The molecule has 1 fully saturated rings. The van der Waals surface area contributed by atoms with Crippen LogP contribution < -0.4 is 4.74 Å². The van der Waals surface area contributed by atoms with Gasteiger partial charge in [0.25, 0.3) is 5.91 Å². The normalized spacial score (nSPS) is 14.8. The van der Waals surface area contributed by atoms with Gasteiger partial charge in [-0.15, -0.1) is 0 Å². The highest BCUT2D eigenvalue weighted by atomic mass is 79.9. The fraction of sp³-hybridized carbons (Fsp3) is 0.333. The summed E-state index contributed by atoms with van der Waals surface area (Å²) in [5.74, 6) is 0.272. The largest absolute Gasteiger partial charge is 0.483 e. The van der Waals surface area contributed by atoms with Gasteiger partial charge >= 0.3 is 0 Å². The highest BCUT2D eigenvalue weighted by molar-refractivity contribution is 9.10. The topological polar surface area (TPSA) is 49.9 Å². The monoisotopic (exact) mass is 464 g/mol. The van der Waals surface area contributed by atoms with Crippen molar-refractivity contribution < 1.29 is 14.3 Å². The molecule has 3 rings (SSSR count). The van der Waals surface area contributed by atoms with E-state index in [1.165, 1.54) is 12.5 Å². The number of ether oxygens (including phenoxy) is 1. The summed E-state index contributed by atoms with van der Waals surface area (Å²) >= 11 is 9.27. The fourth-order valence-corrected chi connectivity index (χ4v) is 3.62. The van der Waals surface area contributed by atoms with Crippen LogP contribution in [-0.2, 0) is 11.3 Å². The first-order valence-electron chi connectivity index (χ1n) is 9.10. The molecule has 0 atom stereocenters. The molecule has 2 aromatic rings. The van der Waals surface area contributed by atoms with Crippen molar-refractivity contribution in [3.63, 3.8) is 0 Å². The van der Waals surface area contributed by atoms with Gasteiger partial charge in [0.15, 0.2) is 12.4 Å². The molecule has 0 aliphatic carbocycles. The van der Waals surface area contributed by atoms with Crippen molar-refractivity contribution in [3.8, 4) is 5.75 Å². The van der Waals surface area contributed by atoms with Gasteiger partial charge in [0.1, 0.15) is 5.75 Å². The number of nitrogens with zero attached hydrogens (tertiary/aromatic N) is 2. The van der Waals surface area contributed by atoms with E-state index in [0.29, 0.717) is 24.4 Å². The molecule has 28 heavy (non-hydrogen) atoms. The maximum atomic E-state index is 12.5. The van der Waals surface area contributed by atoms with Crippen LogP contribution in [0.4, 0.5) is 0 Å². The van der Waals surface area contributed by atoms with E-state index in [0.717, 1.165) is 29.1 Å². The highest BCUT2D eigenvalue weighted by Gasteiger charge is 2.22. The number of piperazine rings is 1. The van der Waals surface area contributed by atoms with Gasteiger partial charge in [-0.2, -0.15) is 0 Å². The molecule has 1 heterocycles. The SMILES string of the molecule is CC(=O)c1cc(Br)ccc1OCC(=O)N1CCN(Cc2ccc(Cl)cc2)CC1. The van der Waals surface area contributed by atoms with Crippen LogP contribution in [0.2, 0.25) is 5.02 Å². The Labute approximate surface area is 178 Å². The summed E-state index contributed by atoms with van der Waals surface area (Å²) in [5, 5.41) is 0.734. The first-order chi connectivity index (χ1) is 13.4. The minimum Gasteiger partial charge on any atom is -0.483 e. The summed E-state index contributed by atoms with van der Waals surface area (Å²) in [7, 11) is 0. The lowest BCUT2D eigenvalue weighted by atomic mass is 10.1. The molecule has 0 unspecified atom stereocenters. The van der Waals surface area contributed by atoms with E-state index in [9.17, 15) is 9.59 Å². The number of carbonyl (C=O) groups excluding carboxylic acids is 2. The third kappa shape index (κ3) is 5.56. The molecule has 1 saturated heterocycles. The predicted molar refractivity (Wildman–Crippen MR) is 113 cm³/mol. The number of rotatable bonds is 6. The molecular formula is C21H22BrClN2O3. The molecule has 1 aliphatic rings. The number of hydrogen-bond acceptors (Lipinski definition) is 4. The van der Waals surface area contributed by atoms with Crippen LogP contribution in [0.1, 0.15) is 22.8 Å². The molecule has 0 saturated carbocycles. The second-order valence-corrected chi connectivity index (χ2v) is 8.12. The number of carbonyl (C=O) groups is 2. The van der Waals surface area contributed by atoms with Gasteiger partial charge in [0.05, 0.1) is 5.56 Å². The number of halogens is 2. The van der Waals surface area contributed by atoms with E-state index in [-0.39, 0.29) is 18.3 Å². The summed E-state index contributed by atoms with van der Waals surface area (Å²) in [4.78, 5) is 28.4. The average Bonchev–Trinajstić information content (AvgIpc) is 2.69. The molecule has 0 bridgehead atoms. The number of hydrogen-bond donors (Lipinski definition) is 0. The van der Waals surface area contributed by atoms with Gasteiger partial charge in [-0.05, 0) is 42.8 Å². The Bertz CT molecular complexity index is 849. The molecule has 2 aromatic carbocycles. The van der Waals surface area contributed by atoms with Gasteiger partial charge in [-0.1, -0.05) is 39.7 Å². The predicted octanol–water partition coefficient (Wildman–Crippen LogP) is 4.03. The number of benzene rings is 2. The zero-order valence-electron chi connectivity index (χ0n) is 15.7. The molecule has 7 heteroatoms. The molecule has 148 valence electrons. The number of amides is 1. The van der Waals surface area contributed by atoms with E-state index in [1.807, 2.05) is 29.2 Å². The highest BCUT2D eigenvalue weighted by Crippen LogP contribution is 2.24. The van der Waals surface area contributed by atoms with Gasteiger partial charge < -0.3 is 9.64 Å². The second-order valence-electron chi connectivity index (χ2n) is 6.77. The molecular weight excluding hydrogens is 444 g/mol. The minimum atomic E-state index is -0.0976. The van der Waals surface area contributed by atoms with Crippen molar-refractivity contribution in [1.29, 1.82) is 0 Å². The minimum absolute atomic E-state index is 0.0661. The van der Waals surface area contributed by atoms with Gasteiger partial charge in [0.2, 0.25) is 0 Å². The Balaban J connectivity index is 1.49. The smallest absolute Gasteiger partial charge is 0.260 e. The molecule has 0 spiro atoms. The van der Waals surface area contributed by atoms with E-state index in [4.69, 9.17) is 16.3 Å². The third-order valence-corrected chi connectivity index (χ3v) is 5.46. The maximum Gasteiger partial charge on any atom is 0.260 e. The zero-order valence-corrected chi connectivity index (χ0v) is 18.0. The third-order valence-electron chi connectivity index (χ3n) is 4.72. The van der Waals surface area contributed by atoms with E-state index >= 15 is 0 Å². The molecule has 0 aromatic heterocycles. The van der Waals surface area contributed by atoms with Crippen LogP contribution >= 0.6 is 27.5 Å². The summed E-state index contributed by atoms with van der Waals surface area (Å²) in [6.45, 7) is 5.20. The Morgan fingerprint density at radius 1 is 1.07 bits per heavy atom.